The Morgan fingerprint density at radius 3 is 2.12 bits per heavy atom. The number of hydrogen-bond acceptors (Lipinski definition) is 0. The topological polar surface area (TPSA) is 0 Å². The number of aryl methyl sites for hydroxylation is 2. The predicted octanol–water partition coefficient (Wildman–Crippen LogP) is 4.41. The van der Waals surface area contributed by atoms with Gasteiger partial charge >= 0.3 is 0 Å². The van der Waals surface area contributed by atoms with Crippen molar-refractivity contribution in [2.75, 3.05) is 0 Å². The lowest BCUT2D eigenvalue weighted by atomic mass is 9.91. The largest absolute Gasteiger partial charge is 0.115 e. The second-order valence-electron chi connectivity index (χ2n) is 4.33. The first-order chi connectivity index (χ1) is 8.16. The summed E-state index contributed by atoms with van der Waals surface area (Å²) in [4.78, 5) is 0. The van der Waals surface area contributed by atoms with Crippen LogP contribution >= 0.6 is 0 Å². The Hall–Kier alpha value is -2.00. The number of fused-ring (bicyclic) bond motifs is 1. The van der Waals surface area contributed by atoms with Crippen LogP contribution in [0.4, 0.5) is 0 Å². The third-order valence-corrected chi connectivity index (χ3v) is 3.45. The maximum Gasteiger partial charge on any atom is -0.0115 e. The summed E-state index contributed by atoms with van der Waals surface area (Å²) in [6.07, 6.45) is 9.09. The summed E-state index contributed by atoms with van der Waals surface area (Å²) >= 11 is 0. The van der Waals surface area contributed by atoms with Crippen LogP contribution in [-0.2, 0) is 0 Å². The molecule has 0 fully saturated rings. The standard InChI is InChI=1S/C17H16/c1-5-6-9-15-12(2)13(3)16-10-7-8-11-17(16)14(15)4/h1,6-11H,2-4H3/b9-6-. The molecule has 0 saturated heterocycles. The lowest BCUT2D eigenvalue weighted by Crippen LogP contribution is -1.93. The van der Waals surface area contributed by atoms with Gasteiger partial charge < -0.3 is 0 Å². The minimum absolute atomic E-state index is 1.25. The Balaban J connectivity index is 2.87. The quantitative estimate of drug-likeness (QED) is 0.624. The minimum atomic E-state index is 1.25. The van der Waals surface area contributed by atoms with Gasteiger partial charge in [0, 0.05) is 0 Å². The van der Waals surface area contributed by atoms with Gasteiger partial charge in [0.15, 0.2) is 0 Å². The molecule has 0 N–H and O–H groups in total. The van der Waals surface area contributed by atoms with Crippen molar-refractivity contribution >= 4 is 16.8 Å². The maximum atomic E-state index is 5.29. The number of benzene rings is 2. The van der Waals surface area contributed by atoms with Gasteiger partial charge in [-0.05, 0) is 65.9 Å². The van der Waals surface area contributed by atoms with Crippen LogP contribution in [0, 0.1) is 33.1 Å². The van der Waals surface area contributed by atoms with Crippen molar-refractivity contribution < 1.29 is 0 Å². The second-order valence-corrected chi connectivity index (χ2v) is 4.33. The van der Waals surface area contributed by atoms with Gasteiger partial charge in [0.2, 0.25) is 0 Å². The summed E-state index contributed by atoms with van der Waals surface area (Å²) in [6, 6.07) is 8.52. The third kappa shape index (κ3) is 1.85. The van der Waals surface area contributed by atoms with Crippen LogP contribution < -0.4 is 0 Å². The van der Waals surface area contributed by atoms with Crippen LogP contribution in [0.15, 0.2) is 30.3 Å². The molecule has 0 amide bonds. The molecule has 0 aliphatic rings. The van der Waals surface area contributed by atoms with Crippen LogP contribution in [-0.4, -0.2) is 0 Å². The average Bonchev–Trinajstić information content (AvgIpc) is 2.36. The summed E-state index contributed by atoms with van der Waals surface area (Å²) in [7, 11) is 0. The Labute approximate surface area is 103 Å². The van der Waals surface area contributed by atoms with Gasteiger partial charge in [-0.3, -0.25) is 0 Å². The van der Waals surface area contributed by atoms with Gasteiger partial charge in [-0.2, -0.15) is 0 Å². The molecule has 0 unspecified atom stereocenters. The van der Waals surface area contributed by atoms with Crippen LogP contribution in [0.2, 0.25) is 0 Å². The monoisotopic (exact) mass is 220 g/mol. The number of terminal acetylenes is 1. The Morgan fingerprint density at radius 1 is 0.941 bits per heavy atom. The van der Waals surface area contributed by atoms with Gasteiger partial charge in [0.05, 0.1) is 0 Å². The molecule has 2 aromatic rings. The molecule has 0 heterocycles. The van der Waals surface area contributed by atoms with E-state index >= 15 is 0 Å². The average molecular weight is 220 g/mol. The fourth-order valence-corrected chi connectivity index (χ4v) is 2.35. The SMILES string of the molecule is C#C/C=C\c1c(C)c(C)c2ccccc2c1C. The van der Waals surface area contributed by atoms with E-state index in [0.717, 1.165) is 0 Å². The highest BCUT2D eigenvalue weighted by molar-refractivity contribution is 5.92. The summed E-state index contributed by atoms with van der Waals surface area (Å²) in [6.45, 7) is 6.49. The van der Waals surface area contributed by atoms with E-state index in [2.05, 4.69) is 51.0 Å². The van der Waals surface area contributed by atoms with E-state index in [-0.39, 0.29) is 0 Å². The van der Waals surface area contributed by atoms with E-state index in [9.17, 15) is 0 Å². The van der Waals surface area contributed by atoms with Crippen molar-refractivity contribution in [2.24, 2.45) is 0 Å². The van der Waals surface area contributed by atoms with Gasteiger partial charge in [-0.15, -0.1) is 6.42 Å². The predicted molar refractivity (Wildman–Crippen MR) is 76.0 cm³/mol. The Morgan fingerprint density at radius 2 is 1.53 bits per heavy atom. The van der Waals surface area contributed by atoms with Gasteiger partial charge in [0.25, 0.3) is 0 Å². The highest BCUT2D eigenvalue weighted by Gasteiger charge is 2.08. The zero-order valence-corrected chi connectivity index (χ0v) is 10.5. The molecule has 0 heteroatoms. The van der Waals surface area contributed by atoms with Gasteiger partial charge in [-0.25, -0.2) is 0 Å². The van der Waals surface area contributed by atoms with E-state index in [0.29, 0.717) is 0 Å². The molecule has 0 radical (unpaired) electrons. The van der Waals surface area contributed by atoms with Crippen molar-refractivity contribution in [1.29, 1.82) is 0 Å². The van der Waals surface area contributed by atoms with Crippen molar-refractivity contribution in [3.8, 4) is 12.3 Å². The molecule has 0 aromatic heterocycles. The van der Waals surface area contributed by atoms with E-state index in [1.807, 2.05) is 6.08 Å². The first-order valence-electron chi connectivity index (χ1n) is 5.78. The van der Waals surface area contributed by atoms with E-state index in [1.165, 1.54) is 33.0 Å². The highest BCUT2D eigenvalue weighted by Crippen LogP contribution is 2.29. The summed E-state index contributed by atoms with van der Waals surface area (Å²) in [5, 5.41) is 2.65. The van der Waals surface area contributed by atoms with E-state index < -0.39 is 0 Å². The zero-order valence-electron chi connectivity index (χ0n) is 10.5. The molecule has 0 aliphatic carbocycles. The smallest absolute Gasteiger partial charge is 0.0115 e. The van der Waals surface area contributed by atoms with Crippen molar-refractivity contribution in [3.63, 3.8) is 0 Å². The molecule has 2 rings (SSSR count). The molecule has 0 atom stereocenters. The second kappa shape index (κ2) is 4.47. The first-order valence-corrected chi connectivity index (χ1v) is 5.78. The Kier molecular flexibility index (Phi) is 3.02. The van der Waals surface area contributed by atoms with Crippen LogP contribution in [0.5, 0.6) is 0 Å². The van der Waals surface area contributed by atoms with Crippen LogP contribution in [0.25, 0.3) is 16.8 Å². The third-order valence-electron chi connectivity index (χ3n) is 3.45. The molecule has 2 aromatic carbocycles. The fourth-order valence-electron chi connectivity index (χ4n) is 2.35. The lowest BCUT2D eigenvalue weighted by Gasteiger charge is -2.14. The lowest BCUT2D eigenvalue weighted by molar-refractivity contribution is 1.32. The molecule has 0 aliphatic heterocycles. The molecule has 17 heavy (non-hydrogen) atoms. The highest BCUT2D eigenvalue weighted by atomic mass is 14.1. The van der Waals surface area contributed by atoms with Crippen LogP contribution in [0.3, 0.4) is 0 Å². The summed E-state index contributed by atoms with van der Waals surface area (Å²) in [5.41, 5.74) is 5.20. The number of rotatable bonds is 1. The molecule has 0 spiro atoms. The number of hydrogen-bond donors (Lipinski definition) is 0. The zero-order chi connectivity index (χ0) is 12.4. The van der Waals surface area contributed by atoms with Crippen molar-refractivity contribution in [1.82, 2.24) is 0 Å². The molecular formula is C17H16. The number of allylic oxidation sites excluding steroid dienone is 1. The summed E-state index contributed by atoms with van der Waals surface area (Å²) < 4.78 is 0. The normalized spacial score (nSPS) is 10.9. The molecule has 0 saturated carbocycles. The van der Waals surface area contributed by atoms with E-state index in [4.69, 9.17) is 6.42 Å². The summed E-state index contributed by atoms with van der Waals surface area (Å²) in [5.74, 6) is 2.56. The first kappa shape index (κ1) is 11.5. The maximum absolute atomic E-state index is 5.29. The van der Waals surface area contributed by atoms with Gasteiger partial charge in [0.1, 0.15) is 0 Å². The molecular weight excluding hydrogens is 204 g/mol. The molecule has 0 nitrogen and oxygen atoms in total. The van der Waals surface area contributed by atoms with Crippen LogP contribution in [0.1, 0.15) is 22.3 Å². The fraction of sp³-hybridized carbons (Fsp3) is 0.176. The van der Waals surface area contributed by atoms with Crippen molar-refractivity contribution in [2.45, 2.75) is 20.8 Å². The van der Waals surface area contributed by atoms with Gasteiger partial charge in [-0.1, -0.05) is 30.2 Å². The minimum Gasteiger partial charge on any atom is -0.115 e. The molecule has 84 valence electrons. The van der Waals surface area contributed by atoms with Crippen molar-refractivity contribution in [3.05, 3.63) is 52.6 Å². The molecule has 0 bridgehead atoms. The van der Waals surface area contributed by atoms with E-state index in [1.54, 1.807) is 6.08 Å². The Bertz CT molecular complexity index is 637.